The Hall–Kier alpha value is -2.06. The first-order valence-electron chi connectivity index (χ1n) is 9.79. The van der Waals surface area contributed by atoms with E-state index in [1.807, 2.05) is 0 Å². The molecule has 2 aromatic rings. The highest BCUT2D eigenvalue weighted by Gasteiger charge is 2.42. The number of hydrogen-bond donors (Lipinski definition) is 0. The monoisotopic (exact) mass is 426 g/mol. The van der Waals surface area contributed by atoms with Gasteiger partial charge in [0.15, 0.2) is 5.69 Å². The first-order chi connectivity index (χ1) is 13.8. The second kappa shape index (κ2) is 7.99. The maximum absolute atomic E-state index is 13.8. The van der Waals surface area contributed by atoms with Crippen molar-refractivity contribution in [2.24, 2.45) is 0 Å². The van der Waals surface area contributed by atoms with Gasteiger partial charge in [0, 0.05) is 37.2 Å². The summed E-state index contributed by atoms with van der Waals surface area (Å²) in [7, 11) is 0. The number of aromatic nitrogens is 2. The van der Waals surface area contributed by atoms with E-state index < -0.39 is 23.3 Å². The van der Waals surface area contributed by atoms with Gasteiger partial charge in [-0.1, -0.05) is 30.5 Å². The van der Waals surface area contributed by atoms with E-state index in [1.165, 1.54) is 42.7 Å². The maximum atomic E-state index is 13.8. The van der Waals surface area contributed by atoms with Crippen LogP contribution in [0.4, 0.5) is 13.2 Å². The average Bonchev–Trinajstić information content (AvgIpc) is 3.37. The summed E-state index contributed by atoms with van der Waals surface area (Å²) < 4.78 is 42.3. The number of alkyl halides is 3. The molecule has 2 aliphatic rings. The van der Waals surface area contributed by atoms with E-state index in [4.69, 9.17) is 11.6 Å². The average molecular weight is 427 g/mol. The topological polar surface area (TPSA) is 41.4 Å². The molecule has 156 valence electrons. The molecule has 0 unspecified atom stereocenters. The molecule has 2 heterocycles. The van der Waals surface area contributed by atoms with E-state index in [0.717, 1.165) is 10.9 Å². The molecule has 0 spiro atoms. The van der Waals surface area contributed by atoms with Gasteiger partial charge in [0.25, 0.3) is 5.91 Å². The Balaban J connectivity index is 1.57. The molecule has 1 aromatic heterocycles. The van der Waals surface area contributed by atoms with Crippen molar-refractivity contribution in [1.29, 1.82) is 0 Å². The fraction of sp³-hybridized carbons (Fsp3) is 0.500. The lowest BCUT2D eigenvalue weighted by molar-refractivity contribution is -0.143. The number of benzene rings is 1. The molecule has 4 rings (SSSR count). The molecule has 1 aromatic carbocycles. The number of hydrogen-bond acceptors (Lipinski definition) is 3. The van der Waals surface area contributed by atoms with Gasteiger partial charge in [-0.05, 0) is 31.0 Å². The predicted octanol–water partition coefficient (Wildman–Crippen LogP) is 4.24. The molecule has 0 radical (unpaired) electrons. The number of rotatable bonds is 3. The second-order valence-corrected chi connectivity index (χ2v) is 8.00. The summed E-state index contributed by atoms with van der Waals surface area (Å²) in [6, 6.07) is 6.52. The molecule has 0 N–H and O–H groups in total. The van der Waals surface area contributed by atoms with Gasteiger partial charge in [0.1, 0.15) is 0 Å². The zero-order valence-corrected chi connectivity index (χ0v) is 16.6. The van der Waals surface area contributed by atoms with Gasteiger partial charge in [0.05, 0.1) is 17.4 Å². The highest BCUT2D eigenvalue weighted by Crippen LogP contribution is 2.35. The van der Waals surface area contributed by atoms with Crippen LogP contribution < -0.4 is 0 Å². The quantitative estimate of drug-likeness (QED) is 0.737. The summed E-state index contributed by atoms with van der Waals surface area (Å²) in [6.45, 7) is 2.24. The van der Waals surface area contributed by atoms with Crippen LogP contribution in [-0.2, 0) is 6.18 Å². The summed E-state index contributed by atoms with van der Waals surface area (Å²) in [6.07, 6.45) is 1.06. The molecular formula is C20H22ClF3N4O. The van der Waals surface area contributed by atoms with Crippen molar-refractivity contribution in [3.63, 3.8) is 0 Å². The van der Waals surface area contributed by atoms with Crippen molar-refractivity contribution in [2.45, 2.75) is 37.9 Å². The van der Waals surface area contributed by atoms with Crippen LogP contribution in [0.1, 0.15) is 41.7 Å². The molecule has 29 heavy (non-hydrogen) atoms. The smallest absolute Gasteiger partial charge is 0.336 e. The molecule has 1 amide bonds. The van der Waals surface area contributed by atoms with E-state index in [9.17, 15) is 18.0 Å². The van der Waals surface area contributed by atoms with Gasteiger partial charge in [-0.2, -0.15) is 18.3 Å². The van der Waals surface area contributed by atoms with Crippen molar-refractivity contribution in [1.82, 2.24) is 19.6 Å². The standard InChI is InChI=1S/C20H22ClF3N4O/c21-14-4-3-7-16(12-14)28-18(20(22,23)24)17(13-25-28)19(29)27-10-8-26(9-11-27)15-5-1-2-6-15/h3-4,7,12-13,15H,1-2,5-6,8-11H2. The van der Waals surface area contributed by atoms with Crippen LogP contribution in [0.5, 0.6) is 0 Å². The Kier molecular flexibility index (Phi) is 5.57. The Morgan fingerprint density at radius 1 is 1.10 bits per heavy atom. The summed E-state index contributed by atoms with van der Waals surface area (Å²) in [5, 5.41) is 4.16. The second-order valence-electron chi connectivity index (χ2n) is 7.56. The lowest BCUT2D eigenvalue weighted by atomic mass is 10.1. The zero-order valence-electron chi connectivity index (χ0n) is 15.8. The molecule has 0 bridgehead atoms. The number of carbonyl (C=O) groups excluding carboxylic acids is 1. The predicted molar refractivity (Wildman–Crippen MR) is 103 cm³/mol. The third-order valence-corrected chi connectivity index (χ3v) is 6.00. The summed E-state index contributed by atoms with van der Waals surface area (Å²) in [5.74, 6) is -0.628. The Morgan fingerprint density at radius 2 is 1.79 bits per heavy atom. The molecule has 1 aliphatic carbocycles. The number of piperazine rings is 1. The molecule has 2 fully saturated rings. The number of nitrogens with zero attached hydrogens (tertiary/aromatic N) is 4. The first-order valence-corrected chi connectivity index (χ1v) is 10.2. The van der Waals surface area contributed by atoms with Crippen molar-refractivity contribution in [3.05, 3.63) is 46.7 Å². The molecular weight excluding hydrogens is 405 g/mol. The maximum Gasteiger partial charge on any atom is 0.434 e. The molecule has 5 nitrogen and oxygen atoms in total. The normalized spacial score (nSPS) is 19.1. The third-order valence-electron chi connectivity index (χ3n) is 5.76. The minimum atomic E-state index is -4.73. The van der Waals surface area contributed by atoms with Crippen molar-refractivity contribution >= 4 is 17.5 Å². The van der Waals surface area contributed by atoms with Crippen LogP contribution in [-0.4, -0.2) is 57.7 Å². The van der Waals surface area contributed by atoms with E-state index >= 15 is 0 Å². The minimum absolute atomic E-state index is 0.162. The molecule has 0 atom stereocenters. The van der Waals surface area contributed by atoms with Crippen molar-refractivity contribution in [3.8, 4) is 5.69 Å². The molecule has 1 saturated carbocycles. The lowest BCUT2D eigenvalue weighted by Gasteiger charge is -2.38. The van der Waals surface area contributed by atoms with Crippen LogP contribution >= 0.6 is 11.6 Å². The van der Waals surface area contributed by atoms with E-state index in [2.05, 4.69) is 10.00 Å². The van der Waals surface area contributed by atoms with Crippen LogP contribution in [0.15, 0.2) is 30.5 Å². The SMILES string of the molecule is O=C(c1cnn(-c2cccc(Cl)c2)c1C(F)(F)F)N1CCN(C2CCCC2)CC1. The van der Waals surface area contributed by atoms with Gasteiger partial charge in [-0.25, -0.2) is 4.68 Å². The van der Waals surface area contributed by atoms with Gasteiger partial charge in [0.2, 0.25) is 0 Å². The summed E-state index contributed by atoms with van der Waals surface area (Å²) >= 11 is 5.92. The Morgan fingerprint density at radius 3 is 2.41 bits per heavy atom. The lowest BCUT2D eigenvalue weighted by Crippen LogP contribution is -2.51. The van der Waals surface area contributed by atoms with Gasteiger partial charge >= 0.3 is 6.18 Å². The Bertz CT molecular complexity index is 884. The zero-order chi connectivity index (χ0) is 20.6. The molecule has 9 heteroatoms. The van der Waals surface area contributed by atoms with E-state index in [-0.39, 0.29) is 5.69 Å². The first kappa shape index (κ1) is 20.2. The van der Waals surface area contributed by atoms with Crippen LogP contribution in [0.25, 0.3) is 5.69 Å². The fourth-order valence-electron chi connectivity index (χ4n) is 4.31. The number of amides is 1. The van der Waals surface area contributed by atoms with Gasteiger partial charge < -0.3 is 4.90 Å². The van der Waals surface area contributed by atoms with E-state index in [0.29, 0.717) is 37.2 Å². The Labute approximate surface area is 172 Å². The van der Waals surface area contributed by atoms with Crippen molar-refractivity contribution in [2.75, 3.05) is 26.2 Å². The minimum Gasteiger partial charge on any atom is -0.336 e. The molecule has 1 saturated heterocycles. The third kappa shape index (κ3) is 4.14. The van der Waals surface area contributed by atoms with E-state index in [1.54, 1.807) is 12.1 Å². The number of halogens is 4. The largest absolute Gasteiger partial charge is 0.434 e. The van der Waals surface area contributed by atoms with Crippen LogP contribution in [0.2, 0.25) is 5.02 Å². The fourth-order valence-corrected chi connectivity index (χ4v) is 4.50. The van der Waals surface area contributed by atoms with Crippen LogP contribution in [0.3, 0.4) is 0 Å². The summed E-state index contributed by atoms with van der Waals surface area (Å²) in [4.78, 5) is 16.8. The highest BCUT2D eigenvalue weighted by molar-refractivity contribution is 6.30. The number of carbonyl (C=O) groups is 1. The molecule has 1 aliphatic heterocycles. The highest BCUT2D eigenvalue weighted by atomic mass is 35.5. The van der Waals surface area contributed by atoms with Crippen molar-refractivity contribution < 1.29 is 18.0 Å². The summed E-state index contributed by atoms with van der Waals surface area (Å²) in [5.41, 5.74) is -1.33. The van der Waals surface area contributed by atoms with Gasteiger partial charge in [-0.3, -0.25) is 9.69 Å². The van der Waals surface area contributed by atoms with Crippen LogP contribution in [0, 0.1) is 0 Å². The van der Waals surface area contributed by atoms with Gasteiger partial charge in [-0.15, -0.1) is 0 Å².